The first-order chi connectivity index (χ1) is 15.1. The van der Waals surface area contributed by atoms with Crippen molar-refractivity contribution in [1.82, 2.24) is 0 Å². The van der Waals surface area contributed by atoms with E-state index >= 15 is 0 Å². The van der Waals surface area contributed by atoms with E-state index in [9.17, 15) is 4.79 Å². The molecule has 0 aliphatic carbocycles. The van der Waals surface area contributed by atoms with Crippen molar-refractivity contribution in [3.8, 4) is 11.5 Å². The molecule has 0 aliphatic rings. The van der Waals surface area contributed by atoms with Crippen molar-refractivity contribution in [3.05, 3.63) is 101 Å². The van der Waals surface area contributed by atoms with Crippen LogP contribution in [0.4, 0.5) is 5.69 Å². The number of halogens is 1. The predicted octanol–water partition coefficient (Wildman–Crippen LogP) is 6.72. The number of amides is 1. The first-order valence-corrected chi connectivity index (χ1v) is 10.4. The Morgan fingerprint density at radius 3 is 2.42 bits per heavy atom. The number of benzene rings is 4. The highest BCUT2D eigenvalue weighted by Gasteiger charge is 2.12. The minimum atomic E-state index is -0.211. The fourth-order valence-electron chi connectivity index (χ4n) is 3.28. The molecule has 1 amide bonds. The number of ether oxygens (including phenoxy) is 2. The van der Waals surface area contributed by atoms with Gasteiger partial charge >= 0.3 is 0 Å². The van der Waals surface area contributed by atoms with E-state index in [4.69, 9.17) is 21.1 Å². The number of rotatable bonds is 7. The van der Waals surface area contributed by atoms with E-state index in [1.54, 1.807) is 42.5 Å². The summed E-state index contributed by atoms with van der Waals surface area (Å²) in [5.41, 5.74) is 2.01. The highest BCUT2D eigenvalue weighted by atomic mass is 35.5. The summed E-state index contributed by atoms with van der Waals surface area (Å²) in [4.78, 5) is 12.7. The zero-order valence-electron chi connectivity index (χ0n) is 17.1. The van der Waals surface area contributed by atoms with Crippen LogP contribution in [0, 0.1) is 0 Å². The highest BCUT2D eigenvalue weighted by Crippen LogP contribution is 2.25. The second-order valence-electron chi connectivity index (χ2n) is 7.01. The minimum Gasteiger partial charge on any atom is -0.493 e. The van der Waals surface area contributed by atoms with Crippen LogP contribution in [0.5, 0.6) is 11.5 Å². The number of carbonyl (C=O) groups is 1. The van der Waals surface area contributed by atoms with Gasteiger partial charge in [0.25, 0.3) is 5.91 Å². The molecule has 4 rings (SSSR count). The van der Waals surface area contributed by atoms with Crippen molar-refractivity contribution in [1.29, 1.82) is 0 Å². The zero-order valence-corrected chi connectivity index (χ0v) is 17.9. The first-order valence-electron chi connectivity index (χ1n) is 10.1. The lowest BCUT2D eigenvalue weighted by Gasteiger charge is -2.14. The van der Waals surface area contributed by atoms with Gasteiger partial charge in [-0.25, -0.2) is 0 Å². The van der Waals surface area contributed by atoms with Gasteiger partial charge in [-0.3, -0.25) is 4.79 Å². The quantitative estimate of drug-likeness (QED) is 0.353. The number of carbonyl (C=O) groups excluding carboxylic acids is 1. The summed E-state index contributed by atoms with van der Waals surface area (Å²) >= 11 is 5.91. The molecule has 4 nitrogen and oxygen atoms in total. The van der Waals surface area contributed by atoms with Crippen molar-refractivity contribution in [2.24, 2.45) is 0 Å². The Kier molecular flexibility index (Phi) is 6.39. The molecule has 0 saturated heterocycles. The third-order valence-electron chi connectivity index (χ3n) is 4.84. The molecular formula is C26H22ClNO3. The average molecular weight is 432 g/mol. The van der Waals surface area contributed by atoms with Gasteiger partial charge < -0.3 is 14.8 Å². The average Bonchev–Trinajstić information content (AvgIpc) is 2.80. The van der Waals surface area contributed by atoms with Crippen molar-refractivity contribution < 1.29 is 14.3 Å². The fraction of sp³-hybridized carbons (Fsp3) is 0.115. The maximum Gasteiger partial charge on any atom is 0.255 e. The van der Waals surface area contributed by atoms with Gasteiger partial charge in [0.1, 0.15) is 18.1 Å². The van der Waals surface area contributed by atoms with Gasteiger partial charge in [-0.1, -0.05) is 41.9 Å². The summed E-state index contributed by atoms with van der Waals surface area (Å²) < 4.78 is 11.8. The molecule has 0 atom stereocenters. The van der Waals surface area contributed by atoms with Crippen molar-refractivity contribution >= 4 is 34.0 Å². The van der Waals surface area contributed by atoms with Crippen LogP contribution in [-0.4, -0.2) is 12.5 Å². The molecule has 0 radical (unpaired) electrons. The second kappa shape index (κ2) is 9.54. The SMILES string of the molecule is CCOc1ccc(C(=O)Nc2ccc(Cl)cc2)cc1COc1ccc2ccccc2c1. The fourth-order valence-corrected chi connectivity index (χ4v) is 3.41. The molecule has 0 heterocycles. The Morgan fingerprint density at radius 1 is 0.871 bits per heavy atom. The first kappa shape index (κ1) is 20.8. The lowest BCUT2D eigenvalue weighted by Crippen LogP contribution is -2.13. The van der Waals surface area contributed by atoms with Crippen molar-refractivity contribution in [3.63, 3.8) is 0 Å². The Labute approximate surface area is 186 Å². The summed E-state index contributed by atoms with van der Waals surface area (Å²) in [6.45, 7) is 2.74. The third-order valence-corrected chi connectivity index (χ3v) is 5.09. The standard InChI is InChI=1S/C26H22ClNO3/c1-2-30-25-14-8-20(26(29)28-23-11-9-22(27)10-12-23)15-21(25)17-31-24-13-7-18-5-3-4-6-19(18)16-24/h3-16H,2,17H2,1H3,(H,28,29). The van der Waals surface area contributed by atoms with Crippen LogP contribution >= 0.6 is 11.6 Å². The Morgan fingerprint density at radius 2 is 1.65 bits per heavy atom. The number of hydrogen-bond acceptors (Lipinski definition) is 3. The molecule has 4 aromatic carbocycles. The van der Waals surface area contributed by atoms with Crippen LogP contribution in [0.15, 0.2) is 84.9 Å². The number of nitrogens with one attached hydrogen (secondary N) is 1. The van der Waals surface area contributed by atoms with E-state index in [1.165, 1.54) is 0 Å². The van der Waals surface area contributed by atoms with Gasteiger partial charge in [-0.2, -0.15) is 0 Å². The molecular weight excluding hydrogens is 410 g/mol. The number of anilines is 1. The van der Waals surface area contributed by atoms with Gasteiger partial charge in [-0.05, 0) is 72.3 Å². The van der Waals surface area contributed by atoms with Crippen LogP contribution in [0.2, 0.25) is 5.02 Å². The lowest BCUT2D eigenvalue weighted by molar-refractivity contribution is 0.102. The molecule has 0 fully saturated rings. The summed E-state index contributed by atoms with van der Waals surface area (Å²) in [7, 11) is 0. The van der Waals surface area contributed by atoms with Crippen molar-refractivity contribution in [2.75, 3.05) is 11.9 Å². The highest BCUT2D eigenvalue weighted by molar-refractivity contribution is 6.30. The van der Waals surface area contributed by atoms with Crippen LogP contribution in [0.25, 0.3) is 10.8 Å². The summed E-state index contributed by atoms with van der Waals surface area (Å²) in [5, 5.41) is 5.77. The molecule has 156 valence electrons. The summed E-state index contributed by atoms with van der Waals surface area (Å²) in [6, 6.07) is 26.5. The van der Waals surface area contributed by atoms with Crippen LogP contribution in [0.1, 0.15) is 22.8 Å². The molecule has 4 aromatic rings. The molecule has 0 saturated carbocycles. The summed E-state index contributed by atoms with van der Waals surface area (Å²) in [5.74, 6) is 1.25. The van der Waals surface area contributed by atoms with E-state index in [-0.39, 0.29) is 12.5 Å². The molecule has 1 N–H and O–H groups in total. The predicted molar refractivity (Wildman–Crippen MR) is 125 cm³/mol. The van der Waals surface area contributed by atoms with E-state index in [1.807, 2.05) is 37.3 Å². The number of hydrogen-bond donors (Lipinski definition) is 1. The van der Waals surface area contributed by atoms with Crippen molar-refractivity contribution in [2.45, 2.75) is 13.5 Å². The largest absolute Gasteiger partial charge is 0.493 e. The Hall–Kier alpha value is -3.50. The van der Waals surface area contributed by atoms with Gasteiger partial charge in [0.05, 0.1) is 6.61 Å². The third kappa shape index (κ3) is 5.16. The molecule has 31 heavy (non-hydrogen) atoms. The Bertz CT molecular complexity index is 1200. The van der Waals surface area contributed by atoms with E-state index in [0.717, 1.165) is 22.1 Å². The second-order valence-corrected chi connectivity index (χ2v) is 7.45. The Balaban J connectivity index is 1.53. The molecule has 0 spiro atoms. The van der Waals surface area contributed by atoms with E-state index in [2.05, 4.69) is 17.4 Å². The monoisotopic (exact) mass is 431 g/mol. The lowest BCUT2D eigenvalue weighted by atomic mass is 10.1. The summed E-state index contributed by atoms with van der Waals surface area (Å²) in [6.07, 6.45) is 0. The molecule has 0 aliphatic heterocycles. The number of fused-ring (bicyclic) bond motifs is 1. The molecule has 0 bridgehead atoms. The smallest absolute Gasteiger partial charge is 0.255 e. The van der Waals surface area contributed by atoms with Crippen LogP contribution < -0.4 is 14.8 Å². The van der Waals surface area contributed by atoms with E-state index in [0.29, 0.717) is 28.6 Å². The maximum atomic E-state index is 12.7. The minimum absolute atomic E-state index is 0.211. The topological polar surface area (TPSA) is 47.6 Å². The van der Waals surface area contributed by atoms with Crippen LogP contribution in [0.3, 0.4) is 0 Å². The molecule has 5 heteroatoms. The van der Waals surface area contributed by atoms with Crippen LogP contribution in [-0.2, 0) is 6.61 Å². The van der Waals surface area contributed by atoms with Gasteiger partial charge in [0.2, 0.25) is 0 Å². The zero-order chi connectivity index (χ0) is 21.6. The van der Waals surface area contributed by atoms with Gasteiger partial charge in [0, 0.05) is 21.8 Å². The van der Waals surface area contributed by atoms with E-state index < -0.39 is 0 Å². The molecule has 0 unspecified atom stereocenters. The maximum absolute atomic E-state index is 12.7. The molecule has 0 aromatic heterocycles. The van der Waals surface area contributed by atoms with Gasteiger partial charge in [0.15, 0.2) is 0 Å². The normalized spacial score (nSPS) is 10.6. The van der Waals surface area contributed by atoms with Gasteiger partial charge in [-0.15, -0.1) is 0 Å².